The van der Waals surface area contributed by atoms with Gasteiger partial charge in [0.05, 0.1) is 15.7 Å². The van der Waals surface area contributed by atoms with E-state index in [1.165, 1.54) is 0 Å². The summed E-state index contributed by atoms with van der Waals surface area (Å²) in [5.41, 5.74) is 0. The van der Waals surface area contributed by atoms with Crippen LogP contribution in [0.1, 0.15) is 13.3 Å². The van der Waals surface area contributed by atoms with Crippen molar-refractivity contribution in [3.8, 4) is 0 Å². The van der Waals surface area contributed by atoms with E-state index in [4.69, 9.17) is 0 Å². The summed E-state index contributed by atoms with van der Waals surface area (Å²) in [5, 5.41) is 3.00. The molecule has 0 amide bonds. The molecule has 0 aliphatic rings. The molecule has 0 spiro atoms. The van der Waals surface area contributed by atoms with Gasteiger partial charge in [0.1, 0.15) is 11.6 Å². The molecule has 1 aromatic rings. The second-order valence-electron chi connectivity index (χ2n) is 3.60. The van der Waals surface area contributed by atoms with Crippen molar-refractivity contribution < 1.29 is 13.0 Å². The molecule has 90 valence electrons. The first-order valence-electron chi connectivity index (χ1n) is 5.05. The Morgan fingerprint density at radius 2 is 2.12 bits per heavy atom. The van der Waals surface area contributed by atoms with Crippen molar-refractivity contribution in [2.24, 2.45) is 0 Å². The molecule has 0 fully saturated rings. The molecule has 0 saturated carbocycles. The van der Waals surface area contributed by atoms with E-state index < -0.39 is 22.4 Å². The summed E-state index contributed by atoms with van der Waals surface area (Å²) < 4.78 is 37.8. The second-order valence-corrected chi connectivity index (χ2v) is 5.14. The average molecular weight is 247 g/mol. The number of hydrogen-bond donors (Lipinski definition) is 1. The minimum atomic E-state index is -1.48. The molecule has 5 heteroatoms. The Morgan fingerprint density at radius 3 is 2.75 bits per heavy atom. The third kappa shape index (κ3) is 3.64. The molecule has 1 aromatic carbocycles. The third-order valence-corrected chi connectivity index (χ3v) is 3.78. The Labute approximate surface area is 96.5 Å². The van der Waals surface area contributed by atoms with Gasteiger partial charge in [0, 0.05) is 11.8 Å². The van der Waals surface area contributed by atoms with Gasteiger partial charge in [-0.05, 0) is 38.6 Å². The minimum absolute atomic E-state index is 0.0525. The maximum absolute atomic E-state index is 13.3. The van der Waals surface area contributed by atoms with E-state index in [1.54, 1.807) is 7.05 Å². The Balaban J connectivity index is 2.69. The maximum Gasteiger partial charge on any atom is 0.139 e. The minimum Gasteiger partial charge on any atom is -0.317 e. The molecule has 16 heavy (non-hydrogen) atoms. The highest BCUT2D eigenvalue weighted by Gasteiger charge is 2.12. The second kappa shape index (κ2) is 6.06. The first-order valence-corrected chi connectivity index (χ1v) is 6.37. The van der Waals surface area contributed by atoms with Crippen LogP contribution in [0.15, 0.2) is 23.1 Å². The van der Waals surface area contributed by atoms with Crippen molar-refractivity contribution in [3.05, 3.63) is 29.8 Å². The van der Waals surface area contributed by atoms with Crippen molar-refractivity contribution in [2.75, 3.05) is 12.8 Å². The Morgan fingerprint density at radius 1 is 1.44 bits per heavy atom. The quantitative estimate of drug-likeness (QED) is 0.863. The summed E-state index contributed by atoms with van der Waals surface area (Å²) in [6.45, 7) is 1.94. The Bertz CT molecular complexity index is 384. The van der Waals surface area contributed by atoms with Gasteiger partial charge in [-0.1, -0.05) is 0 Å². The molecule has 2 atom stereocenters. The summed E-state index contributed by atoms with van der Waals surface area (Å²) in [5.74, 6) is -0.856. The highest BCUT2D eigenvalue weighted by molar-refractivity contribution is 7.85. The smallest absolute Gasteiger partial charge is 0.139 e. The fraction of sp³-hybridized carbons (Fsp3) is 0.455. The zero-order valence-corrected chi connectivity index (χ0v) is 10.1. The molecule has 0 aromatic heterocycles. The molecule has 0 aliphatic heterocycles. The van der Waals surface area contributed by atoms with Crippen LogP contribution in [0.25, 0.3) is 0 Å². The highest BCUT2D eigenvalue weighted by atomic mass is 32.2. The molecule has 0 radical (unpaired) electrons. The monoisotopic (exact) mass is 247 g/mol. The Hall–Kier alpha value is -0.810. The van der Waals surface area contributed by atoms with Gasteiger partial charge in [0.15, 0.2) is 0 Å². The molecule has 1 rings (SSSR count). The lowest BCUT2D eigenvalue weighted by Gasteiger charge is -2.09. The van der Waals surface area contributed by atoms with E-state index in [0.29, 0.717) is 12.2 Å². The topological polar surface area (TPSA) is 29.1 Å². The van der Waals surface area contributed by atoms with Crippen LogP contribution in [-0.4, -0.2) is 23.1 Å². The fourth-order valence-corrected chi connectivity index (χ4v) is 2.51. The standard InChI is InChI=1S/C11H15F2NOS/c1-8(14-2)5-6-16(15)11-7-9(12)3-4-10(11)13/h3-4,7-8,14H,5-6H2,1-2H3. The summed E-state index contributed by atoms with van der Waals surface area (Å²) in [6.07, 6.45) is 0.652. The lowest BCUT2D eigenvalue weighted by Crippen LogP contribution is -2.23. The van der Waals surface area contributed by atoms with Gasteiger partial charge in [0.25, 0.3) is 0 Å². The van der Waals surface area contributed by atoms with Gasteiger partial charge in [0.2, 0.25) is 0 Å². The van der Waals surface area contributed by atoms with E-state index in [0.717, 1.165) is 18.2 Å². The molecule has 0 aliphatic carbocycles. The van der Waals surface area contributed by atoms with Gasteiger partial charge in [-0.25, -0.2) is 8.78 Å². The summed E-state index contributed by atoms with van der Waals surface area (Å²) in [7, 11) is 0.320. The van der Waals surface area contributed by atoms with Gasteiger partial charge >= 0.3 is 0 Å². The number of nitrogens with one attached hydrogen (secondary N) is 1. The van der Waals surface area contributed by atoms with Gasteiger partial charge in [-0.2, -0.15) is 0 Å². The lowest BCUT2D eigenvalue weighted by atomic mass is 10.3. The van der Waals surface area contributed by atoms with Crippen LogP contribution in [0.4, 0.5) is 8.78 Å². The number of benzene rings is 1. The highest BCUT2D eigenvalue weighted by Crippen LogP contribution is 2.15. The third-order valence-electron chi connectivity index (χ3n) is 2.37. The van der Waals surface area contributed by atoms with Crippen molar-refractivity contribution in [1.29, 1.82) is 0 Å². The predicted octanol–water partition coefficient (Wildman–Crippen LogP) is 2.07. The molecule has 2 unspecified atom stereocenters. The van der Waals surface area contributed by atoms with Crippen LogP contribution in [0.5, 0.6) is 0 Å². The van der Waals surface area contributed by atoms with Crippen LogP contribution in [0.2, 0.25) is 0 Å². The Kier molecular flexibility index (Phi) is 5.02. The summed E-state index contributed by atoms with van der Waals surface area (Å²) in [6, 6.07) is 3.23. The predicted molar refractivity (Wildman–Crippen MR) is 60.8 cm³/mol. The van der Waals surface area contributed by atoms with Crippen molar-refractivity contribution in [3.63, 3.8) is 0 Å². The first kappa shape index (κ1) is 13.3. The molecular formula is C11H15F2NOS. The SMILES string of the molecule is CNC(C)CCS(=O)c1cc(F)ccc1F. The number of hydrogen-bond acceptors (Lipinski definition) is 2. The van der Waals surface area contributed by atoms with Crippen LogP contribution in [-0.2, 0) is 10.8 Å². The van der Waals surface area contributed by atoms with Gasteiger partial charge < -0.3 is 5.32 Å². The molecular weight excluding hydrogens is 232 g/mol. The van der Waals surface area contributed by atoms with Crippen molar-refractivity contribution in [2.45, 2.75) is 24.3 Å². The van der Waals surface area contributed by atoms with Gasteiger partial charge in [-0.3, -0.25) is 4.21 Å². The first-order chi connectivity index (χ1) is 7.54. The molecule has 1 N–H and O–H groups in total. The summed E-state index contributed by atoms with van der Waals surface area (Å²) >= 11 is 0. The molecule has 0 bridgehead atoms. The normalized spacial score (nSPS) is 14.8. The van der Waals surface area contributed by atoms with E-state index >= 15 is 0 Å². The van der Waals surface area contributed by atoms with Crippen LogP contribution in [0.3, 0.4) is 0 Å². The fourth-order valence-electron chi connectivity index (χ4n) is 1.19. The number of halogens is 2. The lowest BCUT2D eigenvalue weighted by molar-refractivity contribution is 0.567. The largest absolute Gasteiger partial charge is 0.317 e. The van der Waals surface area contributed by atoms with Crippen LogP contribution >= 0.6 is 0 Å². The van der Waals surface area contributed by atoms with E-state index in [1.807, 2.05) is 6.92 Å². The average Bonchev–Trinajstić information content (AvgIpc) is 2.28. The number of rotatable bonds is 5. The molecule has 0 heterocycles. The van der Waals surface area contributed by atoms with Crippen LogP contribution < -0.4 is 5.32 Å². The van der Waals surface area contributed by atoms with E-state index in [2.05, 4.69) is 5.32 Å². The molecule has 2 nitrogen and oxygen atoms in total. The summed E-state index contributed by atoms with van der Waals surface area (Å²) in [4.78, 5) is -0.0525. The van der Waals surface area contributed by atoms with E-state index in [9.17, 15) is 13.0 Å². The zero-order valence-electron chi connectivity index (χ0n) is 9.30. The van der Waals surface area contributed by atoms with Crippen molar-refractivity contribution in [1.82, 2.24) is 5.32 Å². The van der Waals surface area contributed by atoms with Crippen LogP contribution in [0, 0.1) is 11.6 Å². The van der Waals surface area contributed by atoms with Crippen molar-refractivity contribution >= 4 is 10.8 Å². The zero-order chi connectivity index (χ0) is 12.1. The maximum atomic E-state index is 13.3. The van der Waals surface area contributed by atoms with Gasteiger partial charge in [-0.15, -0.1) is 0 Å². The molecule has 0 saturated heterocycles. The van der Waals surface area contributed by atoms with E-state index in [-0.39, 0.29) is 10.9 Å².